The zero-order valence-electron chi connectivity index (χ0n) is 10.7. The highest BCUT2D eigenvalue weighted by Crippen LogP contribution is 2.56. The Bertz CT molecular complexity index is 823. The molecule has 0 amide bonds. The van der Waals surface area contributed by atoms with Gasteiger partial charge in [-0.3, -0.25) is 4.57 Å². The van der Waals surface area contributed by atoms with Gasteiger partial charge in [-0.15, -0.1) is 0 Å². The number of benzene rings is 3. The van der Waals surface area contributed by atoms with Gasteiger partial charge in [-0.1, -0.05) is 42.5 Å². The number of fused-ring (bicyclic) bond motifs is 2. The summed E-state index contributed by atoms with van der Waals surface area (Å²) in [4.78, 5) is 0. The summed E-state index contributed by atoms with van der Waals surface area (Å²) in [6.07, 6.45) is 0.947. The van der Waals surface area contributed by atoms with E-state index in [9.17, 15) is 4.57 Å². The predicted molar refractivity (Wildman–Crippen MR) is 89.3 cm³/mol. The summed E-state index contributed by atoms with van der Waals surface area (Å²) in [6.45, 7) is 0. The zero-order valence-corrected chi connectivity index (χ0v) is 13.1. The van der Waals surface area contributed by atoms with Crippen molar-refractivity contribution in [2.45, 2.75) is 6.42 Å². The lowest BCUT2D eigenvalue weighted by molar-refractivity contribution is 0.592. The lowest BCUT2D eigenvalue weighted by atomic mass is 10.0. The van der Waals surface area contributed by atoms with Crippen LogP contribution in [0.2, 0.25) is 0 Å². The fourth-order valence-corrected chi connectivity index (χ4v) is 3.43. The van der Waals surface area contributed by atoms with Gasteiger partial charge >= 0.3 is 0 Å². The molecule has 0 fully saturated rings. The average Bonchev–Trinajstić information content (AvgIpc) is 2.42. The van der Waals surface area contributed by atoms with Crippen molar-refractivity contribution >= 4 is 49.9 Å². The van der Waals surface area contributed by atoms with Gasteiger partial charge in [-0.25, -0.2) is 0 Å². The minimum atomic E-state index is -2.99. The Morgan fingerprint density at radius 1 is 0.800 bits per heavy atom. The van der Waals surface area contributed by atoms with E-state index in [-0.39, 0.29) is 0 Å². The standard InChI is InChI=1S/C16H13Cl2OP/c17-20(18,19)8-7-12-5-6-15-10-13-3-1-2-4-14(13)11-16(15)9-12/h1-6,9-11H,7-8H2. The minimum absolute atomic E-state index is 0.315. The topological polar surface area (TPSA) is 17.1 Å². The lowest BCUT2D eigenvalue weighted by Gasteiger charge is -2.06. The molecule has 3 aromatic rings. The van der Waals surface area contributed by atoms with E-state index in [2.05, 4.69) is 36.4 Å². The predicted octanol–water partition coefficient (Wildman–Crippen LogP) is 6.21. The minimum Gasteiger partial charge on any atom is -0.289 e. The third-order valence-electron chi connectivity index (χ3n) is 3.43. The molecule has 0 aliphatic rings. The van der Waals surface area contributed by atoms with Crippen LogP contribution in [0.25, 0.3) is 21.5 Å². The fourth-order valence-electron chi connectivity index (χ4n) is 2.40. The van der Waals surface area contributed by atoms with E-state index >= 15 is 0 Å². The second kappa shape index (κ2) is 5.41. The molecular formula is C16H13Cl2OP. The van der Waals surface area contributed by atoms with Crippen molar-refractivity contribution in [3.05, 3.63) is 60.2 Å². The molecular weight excluding hydrogens is 310 g/mol. The maximum atomic E-state index is 11.4. The highest BCUT2D eigenvalue weighted by Gasteiger charge is 2.13. The summed E-state index contributed by atoms with van der Waals surface area (Å²) < 4.78 is 11.4. The van der Waals surface area contributed by atoms with Crippen LogP contribution in [0.3, 0.4) is 0 Å². The van der Waals surface area contributed by atoms with E-state index in [4.69, 9.17) is 22.5 Å². The van der Waals surface area contributed by atoms with E-state index in [0.29, 0.717) is 12.6 Å². The van der Waals surface area contributed by atoms with Gasteiger partial charge in [0, 0.05) is 6.16 Å². The van der Waals surface area contributed by atoms with Crippen LogP contribution < -0.4 is 0 Å². The Balaban J connectivity index is 2.02. The van der Waals surface area contributed by atoms with Crippen LogP contribution in [0.5, 0.6) is 0 Å². The van der Waals surface area contributed by atoms with Crippen molar-refractivity contribution in [1.29, 1.82) is 0 Å². The molecule has 20 heavy (non-hydrogen) atoms. The Kier molecular flexibility index (Phi) is 3.77. The van der Waals surface area contributed by atoms with Gasteiger partial charge < -0.3 is 0 Å². The molecule has 0 aliphatic heterocycles. The van der Waals surface area contributed by atoms with Crippen LogP contribution >= 0.6 is 28.3 Å². The van der Waals surface area contributed by atoms with Gasteiger partial charge in [0.05, 0.1) is 0 Å². The first kappa shape index (κ1) is 13.9. The van der Waals surface area contributed by atoms with Gasteiger partial charge in [-0.2, -0.15) is 0 Å². The van der Waals surface area contributed by atoms with Crippen molar-refractivity contribution in [1.82, 2.24) is 0 Å². The van der Waals surface area contributed by atoms with Gasteiger partial charge in [0.1, 0.15) is 0 Å². The van der Waals surface area contributed by atoms with Crippen LogP contribution in [-0.4, -0.2) is 6.16 Å². The molecule has 1 nitrogen and oxygen atoms in total. The Morgan fingerprint density at radius 3 is 2.05 bits per heavy atom. The molecule has 0 radical (unpaired) electrons. The van der Waals surface area contributed by atoms with Gasteiger partial charge in [-0.05, 0) is 68.1 Å². The molecule has 102 valence electrons. The molecule has 0 saturated heterocycles. The zero-order chi connectivity index (χ0) is 14.2. The lowest BCUT2D eigenvalue weighted by Crippen LogP contribution is -1.89. The van der Waals surface area contributed by atoms with Gasteiger partial charge in [0.25, 0.3) is 5.85 Å². The van der Waals surface area contributed by atoms with Crippen LogP contribution in [-0.2, 0) is 11.0 Å². The largest absolute Gasteiger partial charge is 0.289 e. The van der Waals surface area contributed by atoms with E-state index in [0.717, 1.165) is 5.56 Å². The van der Waals surface area contributed by atoms with Crippen molar-refractivity contribution in [2.24, 2.45) is 0 Å². The average molecular weight is 323 g/mol. The van der Waals surface area contributed by atoms with Crippen molar-refractivity contribution < 1.29 is 4.57 Å². The summed E-state index contributed by atoms with van der Waals surface area (Å²) >= 11 is 11.2. The summed E-state index contributed by atoms with van der Waals surface area (Å²) in [5, 5.41) is 4.84. The molecule has 0 aliphatic carbocycles. The highest BCUT2D eigenvalue weighted by molar-refractivity contribution is 8.08. The first-order chi connectivity index (χ1) is 9.51. The molecule has 0 heterocycles. The molecule has 4 heteroatoms. The Morgan fingerprint density at radius 2 is 1.40 bits per heavy atom. The number of aryl methyl sites for hydroxylation is 1. The number of hydrogen-bond acceptors (Lipinski definition) is 1. The quantitative estimate of drug-likeness (QED) is 0.414. The molecule has 0 aromatic heterocycles. The molecule has 0 spiro atoms. The van der Waals surface area contributed by atoms with Gasteiger partial charge in [0.15, 0.2) is 0 Å². The number of halogens is 2. The molecule has 3 rings (SSSR count). The van der Waals surface area contributed by atoms with Crippen molar-refractivity contribution in [3.63, 3.8) is 0 Å². The molecule has 0 bridgehead atoms. The Labute approximate surface area is 127 Å². The number of rotatable bonds is 3. The third kappa shape index (κ3) is 3.17. The normalized spacial score (nSPS) is 12.1. The van der Waals surface area contributed by atoms with E-state index < -0.39 is 5.85 Å². The van der Waals surface area contributed by atoms with Crippen LogP contribution in [0.4, 0.5) is 0 Å². The summed E-state index contributed by atoms with van der Waals surface area (Å²) in [6, 6.07) is 18.9. The summed E-state index contributed by atoms with van der Waals surface area (Å²) in [5.41, 5.74) is 1.11. The third-order valence-corrected chi connectivity index (χ3v) is 5.19. The second-order valence-electron chi connectivity index (χ2n) is 4.92. The Hall–Kier alpha value is -1.01. The van der Waals surface area contributed by atoms with Gasteiger partial charge in [0.2, 0.25) is 0 Å². The SMILES string of the molecule is O=P(Cl)(Cl)CCc1ccc2cc3ccccc3cc2c1. The van der Waals surface area contributed by atoms with Crippen molar-refractivity contribution in [3.8, 4) is 0 Å². The fraction of sp³-hybridized carbons (Fsp3) is 0.125. The van der Waals surface area contributed by atoms with Crippen LogP contribution in [0.15, 0.2) is 54.6 Å². The molecule has 0 atom stereocenters. The van der Waals surface area contributed by atoms with E-state index in [1.54, 1.807) is 0 Å². The first-order valence-corrected chi connectivity index (χ1v) is 10.1. The summed E-state index contributed by atoms with van der Waals surface area (Å²) in [5.74, 6) is -2.99. The highest BCUT2D eigenvalue weighted by atomic mass is 35.9. The molecule has 3 aromatic carbocycles. The number of hydrogen-bond donors (Lipinski definition) is 0. The maximum Gasteiger partial charge on any atom is 0.253 e. The first-order valence-electron chi connectivity index (χ1n) is 6.41. The smallest absolute Gasteiger partial charge is 0.253 e. The molecule has 0 saturated carbocycles. The van der Waals surface area contributed by atoms with E-state index in [1.165, 1.54) is 21.5 Å². The van der Waals surface area contributed by atoms with E-state index in [1.807, 2.05) is 18.2 Å². The van der Waals surface area contributed by atoms with Crippen LogP contribution in [0.1, 0.15) is 5.56 Å². The second-order valence-corrected chi connectivity index (χ2v) is 10.3. The van der Waals surface area contributed by atoms with Crippen molar-refractivity contribution in [2.75, 3.05) is 6.16 Å². The molecule has 0 unspecified atom stereocenters. The van der Waals surface area contributed by atoms with Crippen LogP contribution in [0, 0.1) is 0 Å². The monoisotopic (exact) mass is 322 g/mol. The maximum absolute atomic E-state index is 11.4. The summed E-state index contributed by atoms with van der Waals surface area (Å²) in [7, 11) is 0. The molecule has 0 N–H and O–H groups in total.